The maximum Gasteiger partial charge on any atom is 0.158 e. The fourth-order valence-corrected chi connectivity index (χ4v) is 1.70. The monoisotopic (exact) mass is 173 g/mol. The molecule has 0 bridgehead atoms. The number of hydrogen-bond donors (Lipinski definition) is 1. The molecule has 2 heteroatoms. The summed E-state index contributed by atoms with van der Waals surface area (Å²) >= 11 is 0. The Labute approximate surface area is 77.1 Å². The molecule has 13 heavy (non-hydrogen) atoms. The van der Waals surface area contributed by atoms with Gasteiger partial charge in [-0.05, 0) is 12.5 Å². The van der Waals surface area contributed by atoms with Gasteiger partial charge in [-0.1, -0.05) is 24.3 Å². The smallest absolute Gasteiger partial charge is 0.158 e. The average Bonchev–Trinajstić information content (AvgIpc) is 2.45. The molecule has 2 rings (SSSR count). The van der Waals surface area contributed by atoms with E-state index in [0.717, 1.165) is 16.7 Å². The lowest BCUT2D eigenvalue weighted by atomic mass is 10.1. The summed E-state index contributed by atoms with van der Waals surface area (Å²) in [7, 11) is 0. The highest BCUT2D eigenvalue weighted by atomic mass is 16.1. The van der Waals surface area contributed by atoms with E-state index in [2.05, 4.69) is 0 Å². The summed E-state index contributed by atoms with van der Waals surface area (Å²) in [5, 5.41) is 0. The fourth-order valence-electron chi connectivity index (χ4n) is 1.70. The predicted molar refractivity (Wildman–Crippen MR) is 51.9 cm³/mol. The van der Waals surface area contributed by atoms with Crippen molar-refractivity contribution in [2.24, 2.45) is 5.73 Å². The van der Waals surface area contributed by atoms with Gasteiger partial charge in [0.1, 0.15) is 0 Å². The molecule has 0 fully saturated rings. The van der Waals surface area contributed by atoms with E-state index in [4.69, 9.17) is 5.73 Å². The van der Waals surface area contributed by atoms with Gasteiger partial charge in [-0.15, -0.1) is 0 Å². The van der Waals surface area contributed by atoms with Crippen molar-refractivity contribution in [3.8, 4) is 0 Å². The minimum absolute atomic E-state index is 0.0775. The van der Waals surface area contributed by atoms with Crippen molar-refractivity contribution in [1.29, 1.82) is 0 Å². The Hall–Kier alpha value is -1.57. The summed E-state index contributed by atoms with van der Waals surface area (Å²) < 4.78 is 0. The lowest BCUT2D eigenvalue weighted by molar-refractivity contribution is -0.113. The second-order valence-corrected chi connectivity index (χ2v) is 3.28. The fraction of sp³-hybridized carbons (Fsp3) is 0.182. The van der Waals surface area contributed by atoms with Gasteiger partial charge >= 0.3 is 0 Å². The number of benzene rings is 1. The molecule has 0 radical (unpaired) electrons. The molecule has 0 atom stereocenters. The van der Waals surface area contributed by atoms with Crippen LogP contribution < -0.4 is 5.73 Å². The van der Waals surface area contributed by atoms with Crippen LogP contribution in [0.25, 0.3) is 5.70 Å². The minimum atomic E-state index is 0.0775. The van der Waals surface area contributed by atoms with E-state index in [1.54, 1.807) is 6.92 Å². The highest BCUT2D eigenvalue weighted by Crippen LogP contribution is 2.29. The summed E-state index contributed by atoms with van der Waals surface area (Å²) in [6, 6.07) is 7.88. The van der Waals surface area contributed by atoms with Crippen LogP contribution in [-0.2, 0) is 11.2 Å². The summed E-state index contributed by atoms with van der Waals surface area (Å²) in [4.78, 5) is 11.2. The van der Waals surface area contributed by atoms with Crippen LogP contribution in [-0.4, -0.2) is 5.78 Å². The molecule has 0 saturated heterocycles. The Morgan fingerprint density at radius 2 is 2.08 bits per heavy atom. The van der Waals surface area contributed by atoms with Crippen molar-refractivity contribution >= 4 is 11.5 Å². The number of carbonyl (C=O) groups is 1. The molecule has 0 saturated carbocycles. The van der Waals surface area contributed by atoms with E-state index >= 15 is 0 Å². The third-order valence-electron chi connectivity index (χ3n) is 2.42. The van der Waals surface area contributed by atoms with Crippen LogP contribution in [0.4, 0.5) is 0 Å². The van der Waals surface area contributed by atoms with Gasteiger partial charge < -0.3 is 5.73 Å². The number of fused-ring (bicyclic) bond motifs is 1. The largest absolute Gasteiger partial charge is 0.398 e. The first-order valence-corrected chi connectivity index (χ1v) is 4.28. The first-order chi connectivity index (χ1) is 6.20. The molecule has 0 unspecified atom stereocenters. The molecule has 1 aromatic carbocycles. The van der Waals surface area contributed by atoms with Crippen LogP contribution in [0.3, 0.4) is 0 Å². The molecule has 0 amide bonds. The van der Waals surface area contributed by atoms with Gasteiger partial charge in [0.25, 0.3) is 0 Å². The molecule has 2 N–H and O–H groups in total. The topological polar surface area (TPSA) is 43.1 Å². The summed E-state index contributed by atoms with van der Waals surface area (Å²) in [6.45, 7) is 1.56. The maximum atomic E-state index is 11.2. The number of rotatable bonds is 1. The molecule has 2 nitrogen and oxygen atoms in total. The minimum Gasteiger partial charge on any atom is -0.398 e. The highest BCUT2D eigenvalue weighted by molar-refractivity contribution is 6.03. The van der Waals surface area contributed by atoms with Crippen LogP contribution in [0.1, 0.15) is 18.1 Å². The van der Waals surface area contributed by atoms with E-state index in [0.29, 0.717) is 12.1 Å². The normalized spacial score (nSPS) is 14.5. The van der Waals surface area contributed by atoms with Crippen molar-refractivity contribution in [2.45, 2.75) is 13.3 Å². The Balaban J connectivity index is 2.53. The van der Waals surface area contributed by atoms with Crippen molar-refractivity contribution in [2.75, 3.05) is 0 Å². The van der Waals surface area contributed by atoms with Gasteiger partial charge in [0.05, 0.1) is 0 Å². The predicted octanol–water partition coefficient (Wildman–Crippen LogP) is 1.50. The zero-order chi connectivity index (χ0) is 9.42. The number of nitrogens with two attached hydrogens (primary N) is 1. The third kappa shape index (κ3) is 1.15. The molecule has 0 heterocycles. The lowest BCUT2D eigenvalue weighted by Gasteiger charge is -1.97. The summed E-state index contributed by atoms with van der Waals surface area (Å²) in [5.74, 6) is 0.0775. The Bertz CT molecular complexity index is 404. The molecule has 0 aromatic heterocycles. The van der Waals surface area contributed by atoms with Crippen molar-refractivity contribution in [3.05, 3.63) is 41.0 Å². The summed E-state index contributed by atoms with van der Waals surface area (Å²) in [5.41, 5.74) is 9.44. The van der Waals surface area contributed by atoms with E-state index < -0.39 is 0 Å². The molecule has 1 aliphatic carbocycles. The quantitative estimate of drug-likeness (QED) is 0.699. The standard InChI is InChI=1S/C11H11NO/c1-7(13)10-6-8-4-2-3-5-9(8)11(10)12/h2-5H,6,12H2,1H3. The first kappa shape index (κ1) is 8.05. The Morgan fingerprint density at radius 3 is 2.69 bits per heavy atom. The zero-order valence-corrected chi connectivity index (χ0v) is 7.50. The average molecular weight is 173 g/mol. The van der Waals surface area contributed by atoms with Gasteiger partial charge in [0.2, 0.25) is 0 Å². The Morgan fingerprint density at radius 1 is 1.38 bits per heavy atom. The van der Waals surface area contributed by atoms with Crippen LogP contribution >= 0.6 is 0 Å². The van der Waals surface area contributed by atoms with Crippen LogP contribution in [0.5, 0.6) is 0 Å². The molecule has 1 aromatic rings. The molecule has 66 valence electrons. The zero-order valence-electron chi connectivity index (χ0n) is 7.50. The van der Waals surface area contributed by atoms with Gasteiger partial charge in [0.15, 0.2) is 5.78 Å². The van der Waals surface area contributed by atoms with Gasteiger partial charge in [0, 0.05) is 23.3 Å². The number of hydrogen-bond acceptors (Lipinski definition) is 2. The first-order valence-electron chi connectivity index (χ1n) is 4.28. The van der Waals surface area contributed by atoms with E-state index in [1.165, 1.54) is 0 Å². The second kappa shape index (κ2) is 2.73. The molecule has 1 aliphatic rings. The van der Waals surface area contributed by atoms with Gasteiger partial charge in [-0.25, -0.2) is 0 Å². The van der Waals surface area contributed by atoms with E-state index in [-0.39, 0.29) is 5.78 Å². The van der Waals surface area contributed by atoms with Crippen LogP contribution in [0.2, 0.25) is 0 Å². The molecular formula is C11H11NO. The van der Waals surface area contributed by atoms with E-state index in [1.807, 2.05) is 24.3 Å². The molecular weight excluding hydrogens is 162 g/mol. The molecule has 0 aliphatic heterocycles. The van der Waals surface area contributed by atoms with Crippen LogP contribution in [0.15, 0.2) is 29.8 Å². The Kier molecular flexibility index (Phi) is 1.69. The number of Topliss-reactive ketones (excluding diaryl/α,β-unsaturated/α-hetero) is 1. The number of carbonyl (C=O) groups excluding carboxylic acids is 1. The SMILES string of the molecule is CC(=O)C1=C(N)c2ccccc2C1. The summed E-state index contributed by atoms with van der Waals surface area (Å²) in [6.07, 6.45) is 0.692. The van der Waals surface area contributed by atoms with Crippen LogP contribution in [0, 0.1) is 0 Å². The molecule has 0 spiro atoms. The lowest BCUT2D eigenvalue weighted by Crippen LogP contribution is -2.02. The van der Waals surface area contributed by atoms with Crippen molar-refractivity contribution < 1.29 is 4.79 Å². The van der Waals surface area contributed by atoms with Crippen molar-refractivity contribution in [3.63, 3.8) is 0 Å². The van der Waals surface area contributed by atoms with Gasteiger partial charge in [-0.3, -0.25) is 4.79 Å². The highest BCUT2D eigenvalue weighted by Gasteiger charge is 2.20. The maximum absolute atomic E-state index is 11.2. The van der Waals surface area contributed by atoms with Crippen molar-refractivity contribution in [1.82, 2.24) is 0 Å². The van der Waals surface area contributed by atoms with E-state index in [9.17, 15) is 4.79 Å². The number of ketones is 1. The number of allylic oxidation sites excluding steroid dienone is 1. The second-order valence-electron chi connectivity index (χ2n) is 3.28. The van der Waals surface area contributed by atoms with Gasteiger partial charge in [-0.2, -0.15) is 0 Å². The third-order valence-corrected chi connectivity index (χ3v) is 2.42.